The number of para-hydroxylation sites is 1. The minimum atomic E-state index is 0.488. The Morgan fingerprint density at radius 1 is 1.33 bits per heavy atom. The van der Waals surface area contributed by atoms with Gasteiger partial charge in [-0.3, -0.25) is 0 Å². The molecule has 0 amide bonds. The van der Waals surface area contributed by atoms with Gasteiger partial charge in [0.25, 0.3) is 0 Å². The normalized spacial score (nSPS) is 13.9. The minimum Gasteiger partial charge on any atom is -0.396 e. The molecule has 0 unspecified atom stereocenters. The quantitative estimate of drug-likeness (QED) is 0.574. The van der Waals surface area contributed by atoms with Gasteiger partial charge in [0.2, 0.25) is 0 Å². The first-order chi connectivity index (χ1) is 8.66. The number of hydrogen-bond donors (Lipinski definition) is 3. The van der Waals surface area contributed by atoms with Crippen LogP contribution in [-0.2, 0) is 0 Å². The molecule has 0 aromatic heterocycles. The van der Waals surface area contributed by atoms with Crippen LogP contribution in [0.15, 0.2) is 42.1 Å². The van der Waals surface area contributed by atoms with E-state index < -0.39 is 0 Å². The smallest absolute Gasteiger partial charge is 0.175 e. The van der Waals surface area contributed by atoms with Crippen LogP contribution < -0.4 is 16.4 Å². The number of thiocarbonyl (C=S) groups is 1. The maximum absolute atomic E-state index is 5.93. The van der Waals surface area contributed by atoms with Gasteiger partial charge in [0.1, 0.15) is 0 Å². The Hall–Kier alpha value is -1.52. The van der Waals surface area contributed by atoms with Crippen molar-refractivity contribution in [1.29, 1.82) is 0 Å². The highest BCUT2D eigenvalue weighted by Gasteiger charge is 2.05. The molecule has 1 radical (unpaired) electrons. The van der Waals surface area contributed by atoms with Crippen LogP contribution in [0.5, 0.6) is 0 Å². The predicted octanol–water partition coefficient (Wildman–Crippen LogP) is 3.26. The summed E-state index contributed by atoms with van der Waals surface area (Å²) in [4.78, 5) is 0. The second kappa shape index (κ2) is 5.89. The van der Waals surface area contributed by atoms with E-state index in [1.165, 1.54) is 0 Å². The first-order valence-electron chi connectivity index (χ1n) is 5.49. The summed E-state index contributed by atoms with van der Waals surface area (Å²) >= 11 is 11.1. The molecule has 1 aromatic rings. The van der Waals surface area contributed by atoms with Crippen LogP contribution in [0.2, 0.25) is 5.02 Å². The molecule has 0 saturated heterocycles. The third-order valence-corrected chi connectivity index (χ3v) is 2.98. The van der Waals surface area contributed by atoms with Gasteiger partial charge in [0, 0.05) is 5.70 Å². The molecule has 0 heterocycles. The first kappa shape index (κ1) is 12.9. The molecule has 1 aliphatic rings. The molecule has 0 spiro atoms. The average molecular weight is 279 g/mol. The average Bonchev–Trinajstić information content (AvgIpc) is 2.36. The van der Waals surface area contributed by atoms with Crippen molar-refractivity contribution in [3.05, 3.63) is 53.6 Å². The summed E-state index contributed by atoms with van der Waals surface area (Å²) in [5.41, 5.74) is 8.01. The molecule has 1 aromatic carbocycles. The monoisotopic (exact) mass is 278 g/mol. The molecule has 93 valence electrons. The second-order valence-corrected chi connectivity index (χ2v) is 4.59. The zero-order chi connectivity index (χ0) is 13.0. The van der Waals surface area contributed by atoms with Gasteiger partial charge in [-0.15, -0.1) is 0 Å². The molecule has 3 nitrogen and oxygen atoms in total. The molecule has 0 atom stereocenters. The number of anilines is 2. The van der Waals surface area contributed by atoms with Crippen molar-refractivity contribution in [3.8, 4) is 0 Å². The van der Waals surface area contributed by atoms with Crippen molar-refractivity contribution in [3.63, 3.8) is 0 Å². The summed E-state index contributed by atoms with van der Waals surface area (Å²) in [6, 6.07) is 5.38. The number of allylic oxidation sites excluding steroid dienone is 3. The number of halogens is 1. The Labute approximate surface area is 117 Å². The van der Waals surface area contributed by atoms with Gasteiger partial charge < -0.3 is 16.4 Å². The fraction of sp³-hybridized carbons (Fsp3) is 0.0769. The van der Waals surface area contributed by atoms with E-state index in [4.69, 9.17) is 29.6 Å². The van der Waals surface area contributed by atoms with Crippen LogP contribution in [0, 0.1) is 6.42 Å². The first-order valence-corrected chi connectivity index (χ1v) is 6.27. The lowest BCUT2D eigenvalue weighted by Crippen LogP contribution is -2.28. The van der Waals surface area contributed by atoms with E-state index in [0.717, 1.165) is 12.1 Å². The summed E-state index contributed by atoms with van der Waals surface area (Å²) in [6.07, 6.45) is 8.96. The van der Waals surface area contributed by atoms with Gasteiger partial charge in [-0.25, -0.2) is 0 Å². The number of nitrogens with one attached hydrogen (secondary N) is 2. The number of nitrogen functional groups attached to an aromatic ring is 1. The van der Waals surface area contributed by atoms with E-state index >= 15 is 0 Å². The molecule has 0 aliphatic heterocycles. The Kier molecular flexibility index (Phi) is 4.23. The summed E-state index contributed by atoms with van der Waals surface area (Å²) in [5, 5.41) is 7.11. The van der Waals surface area contributed by atoms with Crippen molar-refractivity contribution in [2.75, 3.05) is 11.1 Å². The summed E-state index contributed by atoms with van der Waals surface area (Å²) < 4.78 is 0. The summed E-state index contributed by atoms with van der Waals surface area (Å²) in [7, 11) is 0. The second-order valence-electron chi connectivity index (χ2n) is 3.77. The van der Waals surface area contributed by atoms with E-state index in [1.807, 2.05) is 24.3 Å². The third-order valence-electron chi connectivity index (χ3n) is 2.44. The van der Waals surface area contributed by atoms with Gasteiger partial charge in [-0.1, -0.05) is 29.8 Å². The maximum Gasteiger partial charge on any atom is 0.175 e. The highest BCUT2D eigenvalue weighted by atomic mass is 35.5. The summed E-state index contributed by atoms with van der Waals surface area (Å²) in [5.74, 6) is 0. The van der Waals surface area contributed by atoms with E-state index in [1.54, 1.807) is 6.07 Å². The van der Waals surface area contributed by atoms with Crippen LogP contribution in [0.3, 0.4) is 0 Å². The molecule has 1 aliphatic carbocycles. The topological polar surface area (TPSA) is 50.1 Å². The van der Waals surface area contributed by atoms with Gasteiger partial charge in [0.05, 0.1) is 16.4 Å². The molecule has 0 saturated carbocycles. The number of benzene rings is 1. The van der Waals surface area contributed by atoms with E-state index in [0.29, 0.717) is 21.5 Å². The zero-order valence-electron chi connectivity index (χ0n) is 9.61. The number of hydrogen-bond acceptors (Lipinski definition) is 2. The Balaban J connectivity index is 2.01. The highest BCUT2D eigenvalue weighted by molar-refractivity contribution is 7.80. The lowest BCUT2D eigenvalue weighted by molar-refractivity contribution is 1.11. The fourth-order valence-corrected chi connectivity index (χ4v) is 1.94. The van der Waals surface area contributed by atoms with E-state index in [-0.39, 0.29) is 0 Å². The van der Waals surface area contributed by atoms with Crippen LogP contribution >= 0.6 is 23.8 Å². The molecule has 5 heteroatoms. The van der Waals surface area contributed by atoms with E-state index in [2.05, 4.69) is 23.1 Å². The molecule has 4 N–H and O–H groups in total. The summed E-state index contributed by atoms with van der Waals surface area (Å²) in [6.45, 7) is 0. The number of nitrogens with two attached hydrogens (primary N) is 1. The van der Waals surface area contributed by atoms with Gasteiger partial charge in [0.15, 0.2) is 5.11 Å². The predicted molar refractivity (Wildman–Crippen MR) is 81.4 cm³/mol. The molecule has 18 heavy (non-hydrogen) atoms. The van der Waals surface area contributed by atoms with Crippen molar-refractivity contribution >= 4 is 40.3 Å². The molecule has 2 rings (SSSR count). The largest absolute Gasteiger partial charge is 0.396 e. The van der Waals surface area contributed by atoms with Crippen LogP contribution in [0.25, 0.3) is 0 Å². The Morgan fingerprint density at radius 3 is 2.89 bits per heavy atom. The lowest BCUT2D eigenvalue weighted by Gasteiger charge is -2.14. The molecule has 0 bridgehead atoms. The van der Waals surface area contributed by atoms with Crippen molar-refractivity contribution in [1.82, 2.24) is 5.32 Å². The molecular weight excluding hydrogens is 266 g/mol. The fourth-order valence-electron chi connectivity index (χ4n) is 1.54. The standard InChI is InChI=1S/C13H13ClN3S/c14-10-7-4-8-11(12(10)15)17-13(18)16-9-5-2-1-3-6-9/h1-2,4-8H,3,15H2,(H2,16,17,18). The molecular formula is C13H13ClN3S. The van der Waals surface area contributed by atoms with Crippen molar-refractivity contribution < 1.29 is 0 Å². The lowest BCUT2D eigenvalue weighted by atomic mass is 10.1. The Morgan fingerprint density at radius 2 is 2.17 bits per heavy atom. The van der Waals surface area contributed by atoms with Crippen LogP contribution in [-0.4, -0.2) is 5.11 Å². The highest BCUT2D eigenvalue weighted by Crippen LogP contribution is 2.26. The third kappa shape index (κ3) is 3.24. The van der Waals surface area contributed by atoms with Crippen molar-refractivity contribution in [2.45, 2.75) is 6.42 Å². The van der Waals surface area contributed by atoms with Gasteiger partial charge in [-0.2, -0.15) is 0 Å². The minimum absolute atomic E-state index is 0.488. The Bertz CT molecular complexity index is 523. The van der Waals surface area contributed by atoms with Crippen molar-refractivity contribution in [2.24, 2.45) is 0 Å². The number of rotatable bonds is 2. The van der Waals surface area contributed by atoms with E-state index in [9.17, 15) is 0 Å². The maximum atomic E-state index is 5.93. The van der Waals surface area contributed by atoms with Crippen LogP contribution in [0.4, 0.5) is 11.4 Å². The zero-order valence-corrected chi connectivity index (χ0v) is 11.2. The van der Waals surface area contributed by atoms with Crippen LogP contribution in [0.1, 0.15) is 6.42 Å². The van der Waals surface area contributed by atoms with Gasteiger partial charge >= 0.3 is 0 Å². The SMILES string of the molecule is Nc1c(Cl)cccc1NC(=S)NC1=CC[CH]C=C1. The van der Waals surface area contributed by atoms with Gasteiger partial charge in [-0.05, 0) is 43.3 Å². The molecule has 0 fully saturated rings.